The van der Waals surface area contributed by atoms with E-state index >= 15 is 0 Å². The van der Waals surface area contributed by atoms with Crippen LogP contribution in [-0.2, 0) is 0 Å². The molecule has 1 aliphatic rings. The van der Waals surface area contributed by atoms with Gasteiger partial charge in [0.05, 0.1) is 0 Å². The molecule has 1 aromatic carbocycles. The lowest BCUT2D eigenvalue weighted by Gasteiger charge is -2.32. The Bertz CT molecular complexity index is 368. The number of hydrogen-bond donors (Lipinski definition) is 2. The van der Waals surface area contributed by atoms with Crippen molar-refractivity contribution in [2.45, 2.75) is 32.2 Å². The first-order valence-corrected chi connectivity index (χ1v) is 6.24. The molecule has 3 heteroatoms. The third-order valence-corrected chi connectivity index (χ3v) is 3.66. The van der Waals surface area contributed by atoms with Crippen LogP contribution < -0.4 is 11.1 Å². The van der Waals surface area contributed by atoms with Crippen LogP contribution in [0, 0.1) is 5.92 Å². The second-order valence-electron chi connectivity index (χ2n) is 4.57. The van der Waals surface area contributed by atoms with Crippen molar-refractivity contribution in [1.29, 1.82) is 0 Å². The normalized spacial score (nSPS) is 17.6. The van der Waals surface area contributed by atoms with Crippen molar-refractivity contribution in [3.05, 3.63) is 29.8 Å². The Balaban J connectivity index is 1.96. The second kappa shape index (κ2) is 4.83. The zero-order valence-corrected chi connectivity index (χ0v) is 10.4. The first-order chi connectivity index (χ1) is 7.66. The number of anilines is 1. The SMILES string of the molecule is CC(Nc1ccc(C(N)=S)cc1)C1CCC1. The van der Waals surface area contributed by atoms with Crippen molar-refractivity contribution in [3.63, 3.8) is 0 Å². The number of thiocarbonyl (C=S) groups is 1. The van der Waals surface area contributed by atoms with E-state index in [1.54, 1.807) is 0 Å². The van der Waals surface area contributed by atoms with Crippen molar-refractivity contribution in [2.75, 3.05) is 5.32 Å². The monoisotopic (exact) mass is 234 g/mol. The predicted octanol–water partition coefficient (Wildman–Crippen LogP) is 2.92. The number of hydrogen-bond acceptors (Lipinski definition) is 2. The maximum absolute atomic E-state index is 5.55. The van der Waals surface area contributed by atoms with Gasteiger partial charge >= 0.3 is 0 Å². The Morgan fingerprint density at radius 1 is 1.38 bits per heavy atom. The van der Waals surface area contributed by atoms with Crippen LogP contribution in [-0.4, -0.2) is 11.0 Å². The van der Waals surface area contributed by atoms with Crippen LogP contribution in [0.1, 0.15) is 31.7 Å². The van der Waals surface area contributed by atoms with E-state index in [0.29, 0.717) is 11.0 Å². The van der Waals surface area contributed by atoms with Crippen molar-refractivity contribution in [2.24, 2.45) is 11.7 Å². The van der Waals surface area contributed by atoms with Gasteiger partial charge in [0.2, 0.25) is 0 Å². The summed E-state index contributed by atoms with van der Waals surface area (Å²) in [5.41, 5.74) is 7.63. The van der Waals surface area contributed by atoms with Crippen LogP contribution >= 0.6 is 12.2 Å². The summed E-state index contributed by atoms with van der Waals surface area (Å²) in [4.78, 5) is 0.457. The molecule has 2 nitrogen and oxygen atoms in total. The molecule has 0 bridgehead atoms. The zero-order valence-electron chi connectivity index (χ0n) is 9.57. The topological polar surface area (TPSA) is 38.0 Å². The summed E-state index contributed by atoms with van der Waals surface area (Å²) >= 11 is 4.92. The van der Waals surface area contributed by atoms with Crippen LogP contribution in [0.15, 0.2) is 24.3 Å². The lowest BCUT2D eigenvalue weighted by Crippen LogP contribution is -2.30. The molecular formula is C13H18N2S. The molecule has 0 spiro atoms. The standard InChI is InChI=1S/C13H18N2S/c1-9(10-3-2-4-10)15-12-7-5-11(6-8-12)13(14)16/h5-10,15H,2-4H2,1H3,(H2,14,16). The summed E-state index contributed by atoms with van der Waals surface area (Å²) in [6.45, 7) is 2.26. The van der Waals surface area contributed by atoms with Crippen molar-refractivity contribution >= 4 is 22.9 Å². The van der Waals surface area contributed by atoms with Gasteiger partial charge in [-0.25, -0.2) is 0 Å². The van der Waals surface area contributed by atoms with E-state index in [1.165, 1.54) is 19.3 Å². The molecule has 0 amide bonds. The largest absolute Gasteiger partial charge is 0.389 e. The quantitative estimate of drug-likeness (QED) is 0.787. The molecule has 1 aliphatic carbocycles. The summed E-state index contributed by atoms with van der Waals surface area (Å²) < 4.78 is 0. The van der Waals surface area contributed by atoms with Gasteiger partial charge in [-0.05, 0) is 49.9 Å². The number of rotatable bonds is 4. The molecule has 3 N–H and O–H groups in total. The summed E-state index contributed by atoms with van der Waals surface area (Å²) in [7, 11) is 0. The first kappa shape index (κ1) is 11.4. The molecule has 0 aliphatic heterocycles. The second-order valence-corrected chi connectivity index (χ2v) is 5.01. The van der Waals surface area contributed by atoms with E-state index in [2.05, 4.69) is 12.2 Å². The van der Waals surface area contributed by atoms with Gasteiger partial charge < -0.3 is 11.1 Å². The molecule has 1 aromatic rings. The Kier molecular flexibility index (Phi) is 3.44. The van der Waals surface area contributed by atoms with Crippen molar-refractivity contribution in [3.8, 4) is 0 Å². The van der Waals surface area contributed by atoms with E-state index in [1.807, 2.05) is 24.3 Å². The van der Waals surface area contributed by atoms with E-state index in [0.717, 1.165) is 17.2 Å². The zero-order chi connectivity index (χ0) is 11.5. The van der Waals surface area contributed by atoms with Gasteiger partial charge in [-0.1, -0.05) is 18.6 Å². The highest BCUT2D eigenvalue weighted by Crippen LogP contribution is 2.30. The Morgan fingerprint density at radius 2 is 2.00 bits per heavy atom. The molecule has 16 heavy (non-hydrogen) atoms. The summed E-state index contributed by atoms with van der Waals surface area (Å²) in [5, 5.41) is 3.53. The lowest BCUT2D eigenvalue weighted by molar-refractivity contribution is 0.285. The van der Waals surface area contributed by atoms with Crippen LogP contribution in [0.4, 0.5) is 5.69 Å². The predicted molar refractivity (Wildman–Crippen MR) is 72.8 cm³/mol. The van der Waals surface area contributed by atoms with E-state index in [4.69, 9.17) is 18.0 Å². The number of nitrogens with two attached hydrogens (primary N) is 1. The number of nitrogens with one attached hydrogen (secondary N) is 1. The summed E-state index contributed by atoms with van der Waals surface area (Å²) in [6, 6.07) is 8.59. The fourth-order valence-electron chi connectivity index (χ4n) is 2.05. The van der Waals surface area contributed by atoms with E-state index in [-0.39, 0.29) is 0 Å². The minimum Gasteiger partial charge on any atom is -0.389 e. The van der Waals surface area contributed by atoms with Gasteiger partial charge in [0.1, 0.15) is 4.99 Å². The average Bonchev–Trinajstić information content (AvgIpc) is 2.15. The van der Waals surface area contributed by atoms with E-state index < -0.39 is 0 Å². The smallest absolute Gasteiger partial charge is 0.103 e. The number of benzene rings is 1. The molecule has 1 fully saturated rings. The molecule has 86 valence electrons. The van der Waals surface area contributed by atoms with Gasteiger partial charge in [0, 0.05) is 17.3 Å². The highest BCUT2D eigenvalue weighted by molar-refractivity contribution is 7.80. The highest BCUT2D eigenvalue weighted by atomic mass is 32.1. The maximum atomic E-state index is 5.55. The van der Waals surface area contributed by atoms with E-state index in [9.17, 15) is 0 Å². The minimum atomic E-state index is 0.457. The highest BCUT2D eigenvalue weighted by Gasteiger charge is 2.23. The van der Waals surface area contributed by atoms with Crippen LogP contribution in [0.5, 0.6) is 0 Å². The Labute approximate surface area is 102 Å². The molecule has 0 heterocycles. The summed E-state index contributed by atoms with van der Waals surface area (Å²) in [6.07, 6.45) is 4.11. The Hall–Kier alpha value is -1.09. The van der Waals surface area contributed by atoms with Gasteiger partial charge in [0.15, 0.2) is 0 Å². The molecular weight excluding hydrogens is 216 g/mol. The van der Waals surface area contributed by atoms with Crippen molar-refractivity contribution < 1.29 is 0 Å². The fourth-order valence-corrected chi connectivity index (χ4v) is 2.19. The average molecular weight is 234 g/mol. The lowest BCUT2D eigenvalue weighted by atomic mass is 9.80. The molecule has 1 unspecified atom stereocenters. The van der Waals surface area contributed by atoms with Gasteiger partial charge in [0.25, 0.3) is 0 Å². The van der Waals surface area contributed by atoms with Crippen LogP contribution in [0.2, 0.25) is 0 Å². The third-order valence-electron chi connectivity index (χ3n) is 3.42. The van der Waals surface area contributed by atoms with Gasteiger partial charge in [-0.15, -0.1) is 0 Å². The molecule has 0 radical (unpaired) electrons. The molecule has 0 saturated heterocycles. The van der Waals surface area contributed by atoms with Gasteiger partial charge in [-0.2, -0.15) is 0 Å². The van der Waals surface area contributed by atoms with Crippen LogP contribution in [0.25, 0.3) is 0 Å². The Morgan fingerprint density at radius 3 is 2.44 bits per heavy atom. The summed E-state index contributed by atoms with van der Waals surface area (Å²) in [5.74, 6) is 0.843. The molecule has 2 rings (SSSR count). The van der Waals surface area contributed by atoms with Crippen molar-refractivity contribution in [1.82, 2.24) is 0 Å². The van der Waals surface area contributed by atoms with Gasteiger partial charge in [-0.3, -0.25) is 0 Å². The fraction of sp³-hybridized carbons (Fsp3) is 0.462. The molecule has 1 atom stereocenters. The third kappa shape index (κ3) is 2.53. The van der Waals surface area contributed by atoms with Crippen LogP contribution in [0.3, 0.4) is 0 Å². The molecule has 1 saturated carbocycles. The minimum absolute atomic E-state index is 0.457. The first-order valence-electron chi connectivity index (χ1n) is 5.83. The maximum Gasteiger partial charge on any atom is 0.103 e. The molecule has 0 aromatic heterocycles.